The fourth-order valence-corrected chi connectivity index (χ4v) is 4.60. The minimum atomic E-state index is -3.68. The van der Waals surface area contributed by atoms with Gasteiger partial charge in [0.2, 0.25) is 15.9 Å². The zero-order chi connectivity index (χ0) is 20.1. The first-order valence-corrected chi connectivity index (χ1v) is 11.0. The van der Waals surface area contributed by atoms with Crippen LogP contribution in [0.2, 0.25) is 0 Å². The molecular formula is C20H20N2O4S2. The van der Waals surface area contributed by atoms with Crippen LogP contribution in [0.1, 0.15) is 6.92 Å². The third-order valence-electron chi connectivity index (χ3n) is 3.96. The van der Waals surface area contributed by atoms with Crippen molar-refractivity contribution in [2.75, 3.05) is 17.0 Å². The van der Waals surface area contributed by atoms with Crippen molar-refractivity contribution in [1.82, 2.24) is 5.32 Å². The van der Waals surface area contributed by atoms with Crippen LogP contribution in [0.25, 0.3) is 10.8 Å². The molecule has 8 heteroatoms. The lowest BCUT2D eigenvalue weighted by molar-refractivity contribution is -0.118. The number of rotatable bonds is 7. The van der Waals surface area contributed by atoms with Gasteiger partial charge in [0.1, 0.15) is 5.75 Å². The number of sulfonamides is 1. The predicted octanol–water partition coefficient (Wildman–Crippen LogP) is 3.57. The maximum atomic E-state index is 12.4. The Hall–Kier alpha value is -2.71. The van der Waals surface area contributed by atoms with E-state index in [0.29, 0.717) is 21.4 Å². The molecule has 0 heterocycles. The van der Waals surface area contributed by atoms with E-state index in [1.165, 1.54) is 18.7 Å². The van der Waals surface area contributed by atoms with Crippen molar-refractivity contribution in [3.63, 3.8) is 0 Å². The number of aromatic hydroxyl groups is 1. The summed E-state index contributed by atoms with van der Waals surface area (Å²) >= 11 is 1.35. The first-order chi connectivity index (χ1) is 13.4. The zero-order valence-corrected chi connectivity index (χ0v) is 16.8. The maximum Gasteiger partial charge on any atom is 0.234 e. The second-order valence-electron chi connectivity index (χ2n) is 6.14. The van der Waals surface area contributed by atoms with E-state index in [4.69, 9.17) is 0 Å². The molecule has 0 aliphatic heterocycles. The lowest BCUT2D eigenvalue weighted by Crippen LogP contribution is -2.29. The third-order valence-corrected chi connectivity index (χ3v) is 6.27. The predicted molar refractivity (Wildman–Crippen MR) is 112 cm³/mol. The number of phenols is 1. The molecule has 3 aromatic carbocycles. The molecule has 0 unspecified atom stereocenters. The molecule has 1 amide bonds. The molecule has 3 aromatic rings. The van der Waals surface area contributed by atoms with E-state index >= 15 is 0 Å². The van der Waals surface area contributed by atoms with Gasteiger partial charge in [-0.15, -0.1) is 0 Å². The number of amides is 1. The van der Waals surface area contributed by atoms with Crippen LogP contribution < -0.4 is 10.0 Å². The lowest BCUT2D eigenvalue weighted by Gasteiger charge is -2.15. The summed E-state index contributed by atoms with van der Waals surface area (Å²) in [4.78, 5) is 12.4. The summed E-state index contributed by atoms with van der Waals surface area (Å²) in [5.41, 5.74) is 0.384. The Bertz CT molecular complexity index is 1100. The molecule has 0 fully saturated rings. The normalized spacial score (nSPS) is 11.3. The quantitative estimate of drug-likeness (QED) is 0.512. The van der Waals surface area contributed by atoms with E-state index in [1.54, 1.807) is 30.3 Å². The Balaban J connectivity index is 1.97. The minimum absolute atomic E-state index is 0.0201. The summed E-state index contributed by atoms with van der Waals surface area (Å²) in [5, 5.41) is 14.3. The van der Waals surface area contributed by atoms with Crippen LogP contribution in [-0.2, 0) is 14.8 Å². The summed E-state index contributed by atoms with van der Waals surface area (Å²) in [7, 11) is -3.68. The van der Waals surface area contributed by atoms with Gasteiger partial charge in [-0.1, -0.05) is 54.2 Å². The molecule has 0 saturated heterocycles. The Morgan fingerprint density at radius 1 is 1.04 bits per heavy atom. The summed E-state index contributed by atoms with van der Waals surface area (Å²) < 4.78 is 27.5. The Kier molecular flexibility index (Phi) is 6.11. The number of anilines is 1. The van der Waals surface area contributed by atoms with Crippen LogP contribution in [0, 0.1) is 0 Å². The summed E-state index contributed by atoms with van der Waals surface area (Å²) in [6.45, 7) is 1.35. The minimum Gasteiger partial charge on any atom is -0.506 e. The molecule has 0 aliphatic rings. The number of nitrogens with one attached hydrogen (secondary N) is 2. The molecule has 0 bridgehead atoms. The van der Waals surface area contributed by atoms with E-state index in [9.17, 15) is 18.3 Å². The number of hydrogen-bond acceptors (Lipinski definition) is 5. The molecule has 6 nitrogen and oxygen atoms in total. The molecule has 28 heavy (non-hydrogen) atoms. The standard InChI is InChI=1S/C20H20N2O4S2/c1-14(23)21-11-12-28(25,26)22-18-13-19(27-15-7-3-2-4-8-15)20(24)17-10-6-5-9-16(17)18/h2-10,13,22,24H,11-12H2,1H3,(H,21,23). The molecule has 0 aromatic heterocycles. The van der Waals surface area contributed by atoms with Crippen LogP contribution in [0.15, 0.2) is 70.5 Å². The fourth-order valence-electron chi connectivity index (χ4n) is 2.69. The average molecular weight is 417 g/mol. The van der Waals surface area contributed by atoms with E-state index in [2.05, 4.69) is 10.0 Å². The van der Waals surface area contributed by atoms with Gasteiger partial charge in [0.05, 0.1) is 16.3 Å². The van der Waals surface area contributed by atoms with Gasteiger partial charge in [-0.25, -0.2) is 8.42 Å². The van der Waals surface area contributed by atoms with Gasteiger partial charge in [0, 0.05) is 29.1 Å². The zero-order valence-electron chi connectivity index (χ0n) is 15.2. The molecule has 3 N–H and O–H groups in total. The smallest absolute Gasteiger partial charge is 0.234 e. The van der Waals surface area contributed by atoms with Crippen LogP contribution >= 0.6 is 11.8 Å². The van der Waals surface area contributed by atoms with Gasteiger partial charge in [0.25, 0.3) is 0 Å². The van der Waals surface area contributed by atoms with Crippen LogP contribution in [-0.4, -0.2) is 31.7 Å². The van der Waals surface area contributed by atoms with Crippen LogP contribution in [0.5, 0.6) is 5.75 Å². The Morgan fingerprint density at radius 3 is 2.36 bits per heavy atom. The summed E-state index contributed by atoms with van der Waals surface area (Å²) in [5.74, 6) is -0.430. The number of phenolic OH excluding ortho intramolecular Hbond substituents is 1. The number of carbonyl (C=O) groups is 1. The van der Waals surface area contributed by atoms with E-state index < -0.39 is 10.0 Å². The van der Waals surface area contributed by atoms with Crippen molar-refractivity contribution >= 4 is 44.2 Å². The van der Waals surface area contributed by atoms with Crippen molar-refractivity contribution < 1.29 is 18.3 Å². The molecule has 0 atom stereocenters. The van der Waals surface area contributed by atoms with Crippen molar-refractivity contribution in [2.45, 2.75) is 16.7 Å². The average Bonchev–Trinajstić information content (AvgIpc) is 2.66. The number of benzene rings is 3. The summed E-state index contributed by atoms with van der Waals surface area (Å²) in [6.07, 6.45) is 0. The van der Waals surface area contributed by atoms with Gasteiger partial charge in [-0.05, 0) is 18.2 Å². The van der Waals surface area contributed by atoms with Gasteiger partial charge < -0.3 is 10.4 Å². The highest BCUT2D eigenvalue weighted by atomic mass is 32.2. The monoisotopic (exact) mass is 416 g/mol. The van der Waals surface area contributed by atoms with Gasteiger partial charge in [-0.3, -0.25) is 9.52 Å². The number of fused-ring (bicyclic) bond motifs is 1. The fraction of sp³-hybridized carbons (Fsp3) is 0.150. The van der Waals surface area contributed by atoms with Gasteiger partial charge in [0.15, 0.2) is 0 Å². The Morgan fingerprint density at radius 2 is 1.68 bits per heavy atom. The maximum absolute atomic E-state index is 12.4. The molecule has 0 aliphatic carbocycles. The van der Waals surface area contributed by atoms with Crippen molar-refractivity contribution in [3.05, 3.63) is 60.7 Å². The van der Waals surface area contributed by atoms with E-state index in [1.807, 2.05) is 30.3 Å². The van der Waals surface area contributed by atoms with E-state index in [0.717, 1.165) is 4.90 Å². The van der Waals surface area contributed by atoms with E-state index in [-0.39, 0.29) is 24.0 Å². The highest BCUT2D eigenvalue weighted by Gasteiger charge is 2.17. The van der Waals surface area contributed by atoms with Gasteiger partial charge in [-0.2, -0.15) is 0 Å². The number of carbonyl (C=O) groups excluding carboxylic acids is 1. The van der Waals surface area contributed by atoms with Crippen molar-refractivity contribution in [2.24, 2.45) is 0 Å². The lowest BCUT2D eigenvalue weighted by atomic mass is 10.1. The highest BCUT2D eigenvalue weighted by Crippen LogP contribution is 2.42. The highest BCUT2D eigenvalue weighted by molar-refractivity contribution is 7.99. The van der Waals surface area contributed by atoms with Crippen molar-refractivity contribution in [1.29, 1.82) is 0 Å². The molecule has 0 saturated carbocycles. The molecule has 0 spiro atoms. The van der Waals surface area contributed by atoms with Crippen LogP contribution in [0.4, 0.5) is 5.69 Å². The van der Waals surface area contributed by atoms with Crippen molar-refractivity contribution in [3.8, 4) is 5.75 Å². The van der Waals surface area contributed by atoms with Gasteiger partial charge >= 0.3 is 0 Å². The van der Waals surface area contributed by atoms with Crippen LogP contribution in [0.3, 0.4) is 0 Å². The second kappa shape index (κ2) is 8.53. The molecule has 3 rings (SSSR count). The first-order valence-electron chi connectivity index (χ1n) is 8.58. The Labute approximate surface area is 168 Å². The third kappa shape index (κ3) is 4.96. The molecule has 0 radical (unpaired) electrons. The second-order valence-corrected chi connectivity index (χ2v) is 9.09. The summed E-state index contributed by atoms with van der Waals surface area (Å²) in [6, 6.07) is 18.2. The molecule has 146 valence electrons. The first kappa shape index (κ1) is 20.0. The largest absolute Gasteiger partial charge is 0.506 e. The topological polar surface area (TPSA) is 95.5 Å². The number of hydrogen-bond donors (Lipinski definition) is 3. The molecular weight excluding hydrogens is 396 g/mol. The SMILES string of the molecule is CC(=O)NCCS(=O)(=O)Nc1cc(Sc2ccccc2)c(O)c2ccccc12.